The number of benzene rings is 2. The highest BCUT2D eigenvalue weighted by molar-refractivity contribution is 5.83. The van der Waals surface area contributed by atoms with Gasteiger partial charge in [-0.25, -0.2) is 4.79 Å². The number of carbonyl (C=O) groups excluding carboxylic acids is 2. The van der Waals surface area contributed by atoms with E-state index in [1.807, 2.05) is 24.3 Å². The van der Waals surface area contributed by atoms with Gasteiger partial charge < -0.3 is 20.5 Å². The van der Waals surface area contributed by atoms with Crippen molar-refractivity contribution in [1.29, 1.82) is 0 Å². The first-order valence-corrected chi connectivity index (χ1v) is 12.4. The second kappa shape index (κ2) is 10.5. The van der Waals surface area contributed by atoms with Gasteiger partial charge in [0, 0.05) is 19.0 Å². The van der Waals surface area contributed by atoms with E-state index in [-0.39, 0.29) is 30.9 Å². The van der Waals surface area contributed by atoms with Crippen molar-refractivity contribution in [3.05, 3.63) is 59.7 Å². The lowest BCUT2D eigenvalue weighted by molar-refractivity contribution is -0.145. The fourth-order valence-corrected chi connectivity index (χ4v) is 5.26. The summed E-state index contributed by atoms with van der Waals surface area (Å²) >= 11 is 0. The highest BCUT2D eigenvalue weighted by atomic mass is 16.5. The van der Waals surface area contributed by atoms with Gasteiger partial charge in [0.2, 0.25) is 5.91 Å². The zero-order valence-corrected chi connectivity index (χ0v) is 20.4. The Hall–Kier alpha value is -3.35. The van der Waals surface area contributed by atoms with Crippen molar-refractivity contribution in [1.82, 2.24) is 10.6 Å². The van der Waals surface area contributed by atoms with Crippen molar-refractivity contribution < 1.29 is 24.2 Å². The Kier molecular flexibility index (Phi) is 7.43. The van der Waals surface area contributed by atoms with Crippen LogP contribution in [-0.4, -0.2) is 42.8 Å². The molecule has 2 aliphatic rings. The van der Waals surface area contributed by atoms with Gasteiger partial charge in [0.1, 0.15) is 6.61 Å². The van der Waals surface area contributed by atoms with Gasteiger partial charge in [0.05, 0.1) is 11.3 Å². The van der Waals surface area contributed by atoms with Gasteiger partial charge in [0.15, 0.2) is 0 Å². The van der Waals surface area contributed by atoms with Crippen LogP contribution in [-0.2, 0) is 14.3 Å². The number of aliphatic carboxylic acids is 1. The largest absolute Gasteiger partial charge is 0.481 e. The number of amides is 2. The number of carboxylic acids is 1. The van der Waals surface area contributed by atoms with Crippen LogP contribution in [0.25, 0.3) is 11.1 Å². The highest BCUT2D eigenvalue weighted by Gasteiger charge is 2.34. The third kappa shape index (κ3) is 5.50. The monoisotopic (exact) mass is 478 g/mol. The molecule has 4 rings (SSSR count). The number of nitrogens with one attached hydrogen (secondary N) is 2. The molecule has 2 aliphatic carbocycles. The predicted molar refractivity (Wildman–Crippen MR) is 133 cm³/mol. The zero-order chi connectivity index (χ0) is 25.0. The maximum Gasteiger partial charge on any atom is 0.407 e. The van der Waals surface area contributed by atoms with Gasteiger partial charge in [-0.05, 0) is 54.9 Å². The number of alkyl carbamates (subject to hydrolysis) is 1. The van der Waals surface area contributed by atoms with E-state index in [0.29, 0.717) is 13.0 Å². The van der Waals surface area contributed by atoms with E-state index in [1.54, 1.807) is 13.8 Å². The molecule has 186 valence electrons. The Labute approximate surface area is 206 Å². The fourth-order valence-electron chi connectivity index (χ4n) is 5.26. The molecule has 2 amide bonds. The maximum absolute atomic E-state index is 12.8. The summed E-state index contributed by atoms with van der Waals surface area (Å²) in [6.45, 7) is 4.17. The van der Waals surface area contributed by atoms with Crippen LogP contribution in [0.1, 0.15) is 56.6 Å². The van der Waals surface area contributed by atoms with Gasteiger partial charge in [-0.15, -0.1) is 0 Å². The molecule has 0 radical (unpaired) electrons. The molecule has 0 saturated heterocycles. The zero-order valence-electron chi connectivity index (χ0n) is 20.4. The van der Waals surface area contributed by atoms with Gasteiger partial charge >= 0.3 is 12.1 Å². The average molecular weight is 479 g/mol. The second-order valence-electron chi connectivity index (χ2n) is 10.3. The number of fused-ring (bicyclic) bond motifs is 3. The van der Waals surface area contributed by atoms with Crippen molar-refractivity contribution >= 4 is 18.0 Å². The van der Waals surface area contributed by atoms with E-state index < -0.39 is 23.4 Å². The van der Waals surface area contributed by atoms with Crippen LogP contribution in [0.5, 0.6) is 0 Å². The van der Waals surface area contributed by atoms with E-state index in [9.17, 15) is 19.5 Å². The number of ether oxygens (including phenoxy) is 1. The predicted octanol–water partition coefficient (Wildman–Crippen LogP) is 4.56. The lowest BCUT2D eigenvalue weighted by atomic mass is 9.79. The molecule has 0 aromatic heterocycles. The van der Waals surface area contributed by atoms with E-state index >= 15 is 0 Å². The molecular weight excluding hydrogens is 444 g/mol. The first-order valence-electron chi connectivity index (χ1n) is 12.4. The summed E-state index contributed by atoms with van der Waals surface area (Å²) in [6.07, 6.45) is 2.79. The average Bonchev–Trinajstić information content (AvgIpc) is 3.18. The second-order valence-corrected chi connectivity index (χ2v) is 10.3. The molecule has 0 heterocycles. The minimum atomic E-state index is -0.862. The number of hydrogen-bond donors (Lipinski definition) is 3. The highest BCUT2D eigenvalue weighted by Crippen LogP contribution is 2.44. The molecule has 3 N–H and O–H groups in total. The van der Waals surface area contributed by atoms with Crippen molar-refractivity contribution in [2.75, 3.05) is 19.7 Å². The molecule has 1 saturated carbocycles. The molecule has 0 spiro atoms. The summed E-state index contributed by atoms with van der Waals surface area (Å²) in [5.74, 6) is -1.50. The third-order valence-corrected chi connectivity index (χ3v) is 7.38. The van der Waals surface area contributed by atoms with Gasteiger partial charge in [-0.3, -0.25) is 9.59 Å². The Morgan fingerprint density at radius 1 is 0.943 bits per heavy atom. The van der Waals surface area contributed by atoms with Crippen LogP contribution in [0.2, 0.25) is 0 Å². The summed E-state index contributed by atoms with van der Waals surface area (Å²) < 4.78 is 5.56. The molecule has 2 aromatic carbocycles. The standard InChI is InChI=1S/C28H34N2O5/c1-28(2,26(33)29-15-18-9-3-4-10-19(18)25(31)32)17-30-27(34)35-16-24-22-13-7-5-11-20(22)21-12-6-8-14-23(21)24/h5-8,11-14,18-19,24H,3-4,9-10,15-17H2,1-2H3,(H,29,33)(H,30,34)(H,31,32)/t18-,19-/m1/s1. The summed E-state index contributed by atoms with van der Waals surface area (Å²) in [5.41, 5.74) is 3.75. The van der Waals surface area contributed by atoms with Gasteiger partial charge in [-0.2, -0.15) is 0 Å². The Morgan fingerprint density at radius 3 is 2.17 bits per heavy atom. The molecule has 0 bridgehead atoms. The summed E-state index contributed by atoms with van der Waals surface area (Å²) in [6, 6.07) is 16.3. The minimum Gasteiger partial charge on any atom is -0.481 e. The van der Waals surface area contributed by atoms with E-state index in [2.05, 4.69) is 34.9 Å². The molecule has 7 heteroatoms. The first-order chi connectivity index (χ1) is 16.8. The van der Waals surface area contributed by atoms with Gasteiger partial charge in [0.25, 0.3) is 0 Å². The van der Waals surface area contributed by atoms with Crippen LogP contribution in [0, 0.1) is 17.3 Å². The number of rotatable bonds is 8. The van der Waals surface area contributed by atoms with Crippen LogP contribution in [0.4, 0.5) is 4.79 Å². The quantitative estimate of drug-likeness (QED) is 0.516. The first kappa shape index (κ1) is 24.8. The van der Waals surface area contributed by atoms with Crippen molar-refractivity contribution in [3.63, 3.8) is 0 Å². The van der Waals surface area contributed by atoms with Crippen molar-refractivity contribution in [2.24, 2.45) is 17.3 Å². The number of carboxylic acid groups (broad SMARTS) is 1. The molecule has 2 atom stereocenters. The van der Waals surface area contributed by atoms with Crippen LogP contribution >= 0.6 is 0 Å². The maximum atomic E-state index is 12.8. The molecule has 1 fully saturated rings. The molecule has 7 nitrogen and oxygen atoms in total. The Bertz CT molecular complexity index is 1050. The van der Waals surface area contributed by atoms with Gasteiger partial charge in [-0.1, -0.05) is 61.4 Å². The molecule has 0 aliphatic heterocycles. The van der Waals surface area contributed by atoms with E-state index in [1.165, 1.54) is 0 Å². The third-order valence-electron chi connectivity index (χ3n) is 7.38. The Balaban J connectivity index is 1.27. The van der Waals surface area contributed by atoms with Crippen LogP contribution in [0.3, 0.4) is 0 Å². The Morgan fingerprint density at radius 2 is 1.54 bits per heavy atom. The minimum absolute atomic E-state index is 0.0258. The van der Waals surface area contributed by atoms with Crippen LogP contribution < -0.4 is 10.6 Å². The normalized spacial score (nSPS) is 19.4. The fraction of sp³-hybridized carbons (Fsp3) is 0.464. The summed E-state index contributed by atoms with van der Waals surface area (Å²) in [5, 5.41) is 15.1. The topological polar surface area (TPSA) is 105 Å². The summed E-state index contributed by atoms with van der Waals surface area (Å²) in [7, 11) is 0. The molecular formula is C28H34N2O5. The lowest BCUT2D eigenvalue weighted by Crippen LogP contribution is -2.47. The smallest absolute Gasteiger partial charge is 0.407 e. The lowest BCUT2D eigenvalue weighted by Gasteiger charge is -2.30. The number of hydrogen-bond acceptors (Lipinski definition) is 4. The molecule has 0 unspecified atom stereocenters. The van der Waals surface area contributed by atoms with Crippen molar-refractivity contribution in [2.45, 2.75) is 45.4 Å². The molecule has 35 heavy (non-hydrogen) atoms. The van der Waals surface area contributed by atoms with Crippen LogP contribution in [0.15, 0.2) is 48.5 Å². The number of carbonyl (C=O) groups is 3. The van der Waals surface area contributed by atoms with Crippen molar-refractivity contribution in [3.8, 4) is 11.1 Å². The summed E-state index contributed by atoms with van der Waals surface area (Å²) in [4.78, 5) is 36.8. The molecule has 2 aromatic rings. The van der Waals surface area contributed by atoms with E-state index in [4.69, 9.17) is 4.74 Å². The SMILES string of the molecule is CC(C)(CNC(=O)OCC1c2ccccc2-c2ccccc21)C(=O)NC[C@H]1CCCC[C@H]1C(=O)O. The van der Waals surface area contributed by atoms with E-state index in [0.717, 1.165) is 41.5 Å².